The van der Waals surface area contributed by atoms with Crippen molar-refractivity contribution in [1.29, 1.82) is 0 Å². The minimum Gasteiger partial charge on any atom is -0.457 e. The van der Waals surface area contributed by atoms with Crippen molar-refractivity contribution in [2.24, 2.45) is 0 Å². The van der Waals surface area contributed by atoms with Gasteiger partial charge < -0.3 is 4.74 Å². The minimum absolute atomic E-state index is 0.0458. The van der Waals surface area contributed by atoms with Crippen LogP contribution in [0.2, 0.25) is 0 Å². The first-order chi connectivity index (χ1) is 10.1. The SMILES string of the molecule is CC(C)c1cccc(Oc2ccnc3c2CC(=O)N3C)c1. The molecule has 0 radical (unpaired) electrons. The Morgan fingerprint density at radius 2 is 2.10 bits per heavy atom. The van der Waals surface area contributed by atoms with E-state index in [1.165, 1.54) is 5.56 Å². The number of fused-ring (bicyclic) bond motifs is 1. The molecule has 1 amide bonds. The number of amides is 1. The van der Waals surface area contributed by atoms with Crippen molar-refractivity contribution >= 4 is 11.7 Å². The average molecular weight is 282 g/mol. The van der Waals surface area contributed by atoms with Gasteiger partial charge in [-0.15, -0.1) is 0 Å². The third-order valence-electron chi connectivity index (χ3n) is 3.76. The molecule has 4 nitrogen and oxygen atoms in total. The molecule has 1 aliphatic heterocycles. The number of hydrogen-bond acceptors (Lipinski definition) is 3. The van der Waals surface area contributed by atoms with Crippen molar-refractivity contribution in [3.8, 4) is 11.5 Å². The summed E-state index contributed by atoms with van der Waals surface area (Å²) >= 11 is 0. The molecule has 1 aromatic carbocycles. The average Bonchev–Trinajstić information content (AvgIpc) is 2.76. The fraction of sp³-hybridized carbons (Fsp3) is 0.294. The lowest BCUT2D eigenvalue weighted by atomic mass is 10.0. The van der Waals surface area contributed by atoms with Crippen molar-refractivity contribution in [2.75, 3.05) is 11.9 Å². The number of likely N-dealkylation sites (N-methyl/N-ethyl adjacent to an activating group) is 1. The molecule has 0 fully saturated rings. The zero-order valence-corrected chi connectivity index (χ0v) is 12.5. The van der Waals surface area contributed by atoms with E-state index in [1.54, 1.807) is 18.1 Å². The lowest BCUT2D eigenvalue weighted by molar-refractivity contribution is -0.117. The molecule has 108 valence electrons. The molecule has 0 aliphatic carbocycles. The number of benzene rings is 1. The summed E-state index contributed by atoms with van der Waals surface area (Å²) in [6.07, 6.45) is 2.02. The number of hydrogen-bond donors (Lipinski definition) is 0. The Kier molecular flexibility index (Phi) is 3.37. The van der Waals surface area contributed by atoms with Gasteiger partial charge in [-0.1, -0.05) is 26.0 Å². The fourth-order valence-electron chi connectivity index (χ4n) is 2.47. The molecule has 0 atom stereocenters. The van der Waals surface area contributed by atoms with Crippen LogP contribution in [0.1, 0.15) is 30.9 Å². The second kappa shape index (κ2) is 5.20. The first-order valence-corrected chi connectivity index (χ1v) is 7.08. The zero-order valence-electron chi connectivity index (χ0n) is 12.5. The second-order valence-electron chi connectivity index (χ2n) is 5.57. The Morgan fingerprint density at radius 1 is 1.29 bits per heavy atom. The molecular weight excluding hydrogens is 264 g/mol. The van der Waals surface area contributed by atoms with Crippen LogP contribution >= 0.6 is 0 Å². The minimum atomic E-state index is 0.0458. The molecule has 4 heteroatoms. The van der Waals surface area contributed by atoms with E-state index in [4.69, 9.17) is 4.74 Å². The Balaban J connectivity index is 1.94. The number of aromatic nitrogens is 1. The number of rotatable bonds is 3. The van der Waals surface area contributed by atoms with Gasteiger partial charge in [-0.2, -0.15) is 0 Å². The standard InChI is InChI=1S/C17H18N2O2/c1-11(2)12-5-4-6-13(9-12)21-15-7-8-18-17-14(15)10-16(20)19(17)3/h4-9,11H,10H2,1-3H3. The van der Waals surface area contributed by atoms with Gasteiger partial charge >= 0.3 is 0 Å². The molecule has 0 bridgehead atoms. The molecule has 0 N–H and O–H groups in total. The third-order valence-corrected chi connectivity index (χ3v) is 3.76. The molecule has 3 rings (SSSR count). The highest BCUT2D eigenvalue weighted by atomic mass is 16.5. The van der Waals surface area contributed by atoms with E-state index in [0.717, 1.165) is 11.3 Å². The smallest absolute Gasteiger partial charge is 0.232 e. The van der Waals surface area contributed by atoms with Crippen LogP contribution < -0.4 is 9.64 Å². The molecule has 0 saturated heterocycles. The normalized spacial score (nSPS) is 13.7. The van der Waals surface area contributed by atoms with Crippen LogP contribution in [0.25, 0.3) is 0 Å². The predicted octanol–water partition coefficient (Wildman–Crippen LogP) is 3.52. The largest absolute Gasteiger partial charge is 0.457 e. The number of nitrogens with zero attached hydrogens (tertiary/aromatic N) is 2. The molecule has 2 aromatic rings. The Labute approximate surface area is 124 Å². The van der Waals surface area contributed by atoms with Gasteiger partial charge in [0, 0.05) is 18.8 Å². The Morgan fingerprint density at radius 3 is 2.86 bits per heavy atom. The third kappa shape index (κ3) is 2.49. The van der Waals surface area contributed by atoms with Gasteiger partial charge in [0.2, 0.25) is 5.91 Å². The summed E-state index contributed by atoms with van der Waals surface area (Å²) in [5.41, 5.74) is 2.09. The Bertz CT molecular complexity index is 695. The van der Waals surface area contributed by atoms with Crippen molar-refractivity contribution < 1.29 is 9.53 Å². The maximum Gasteiger partial charge on any atom is 0.232 e. The van der Waals surface area contributed by atoms with Crippen LogP contribution in [-0.2, 0) is 11.2 Å². The number of anilines is 1. The van der Waals surface area contributed by atoms with Gasteiger partial charge in [-0.05, 0) is 29.7 Å². The van der Waals surface area contributed by atoms with E-state index in [2.05, 4.69) is 24.9 Å². The quantitative estimate of drug-likeness (QED) is 0.865. The molecule has 1 aliphatic rings. The van der Waals surface area contributed by atoms with Gasteiger partial charge in [-0.25, -0.2) is 4.98 Å². The first-order valence-electron chi connectivity index (χ1n) is 7.08. The summed E-state index contributed by atoms with van der Waals surface area (Å²) in [6.45, 7) is 4.30. The van der Waals surface area contributed by atoms with Gasteiger partial charge in [-0.3, -0.25) is 9.69 Å². The lowest BCUT2D eigenvalue weighted by Gasteiger charge is -2.12. The highest BCUT2D eigenvalue weighted by Crippen LogP contribution is 2.35. The number of ether oxygens (including phenoxy) is 1. The summed E-state index contributed by atoms with van der Waals surface area (Å²) in [5, 5.41) is 0. The predicted molar refractivity (Wildman–Crippen MR) is 82.0 cm³/mol. The van der Waals surface area contributed by atoms with Crippen molar-refractivity contribution in [3.05, 3.63) is 47.7 Å². The molecule has 21 heavy (non-hydrogen) atoms. The second-order valence-corrected chi connectivity index (χ2v) is 5.57. The molecule has 2 heterocycles. The molecular formula is C17H18N2O2. The van der Waals surface area contributed by atoms with E-state index >= 15 is 0 Å². The van der Waals surface area contributed by atoms with Crippen molar-refractivity contribution in [1.82, 2.24) is 4.98 Å². The van der Waals surface area contributed by atoms with Crippen molar-refractivity contribution in [3.63, 3.8) is 0 Å². The Hall–Kier alpha value is -2.36. The van der Waals surface area contributed by atoms with Gasteiger partial charge in [0.05, 0.1) is 6.42 Å². The summed E-state index contributed by atoms with van der Waals surface area (Å²) < 4.78 is 5.99. The van der Waals surface area contributed by atoms with Crippen LogP contribution in [0.3, 0.4) is 0 Å². The lowest BCUT2D eigenvalue weighted by Crippen LogP contribution is -2.21. The number of carbonyl (C=O) groups is 1. The van der Waals surface area contributed by atoms with Gasteiger partial charge in [0.25, 0.3) is 0 Å². The van der Waals surface area contributed by atoms with E-state index in [-0.39, 0.29) is 5.91 Å². The number of carbonyl (C=O) groups excluding carboxylic acids is 1. The maximum absolute atomic E-state index is 11.8. The first kappa shape index (κ1) is 13.6. The molecule has 0 spiro atoms. The van der Waals surface area contributed by atoms with E-state index in [1.807, 2.05) is 24.3 Å². The van der Waals surface area contributed by atoms with Crippen LogP contribution in [0.5, 0.6) is 11.5 Å². The van der Waals surface area contributed by atoms with E-state index in [0.29, 0.717) is 23.9 Å². The molecule has 0 saturated carbocycles. The van der Waals surface area contributed by atoms with Crippen LogP contribution in [0.4, 0.5) is 5.82 Å². The molecule has 0 unspecified atom stereocenters. The highest BCUT2D eigenvalue weighted by Gasteiger charge is 2.28. The summed E-state index contributed by atoms with van der Waals surface area (Å²) in [5.74, 6) is 2.68. The topological polar surface area (TPSA) is 42.4 Å². The van der Waals surface area contributed by atoms with Crippen LogP contribution in [0, 0.1) is 0 Å². The fourth-order valence-corrected chi connectivity index (χ4v) is 2.47. The number of pyridine rings is 1. The van der Waals surface area contributed by atoms with Gasteiger partial charge in [0.1, 0.15) is 17.3 Å². The summed E-state index contributed by atoms with van der Waals surface area (Å²) in [6, 6.07) is 9.86. The monoisotopic (exact) mass is 282 g/mol. The molecule has 1 aromatic heterocycles. The highest BCUT2D eigenvalue weighted by molar-refractivity contribution is 6.00. The summed E-state index contributed by atoms with van der Waals surface area (Å²) in [7, 11) is 1.74. The van der Waals surface area contributed by atoms with E-state index in [9.17, 15) is 4.79 Å². The van der Waals surface area contributed by atoms with Crippen LogP contribution in [-0.4, -0.2) is 17.9 Å². The van der Waals surface area contributed by atoms with Crippen LogP contribution in [0.15, 0.2) is 36.5 Å². The summed E-state index contributed by atoms with van der Waals surface area (Å²) in [4.78, 5) is 17.6. The van der Waals surface area contributed by atoms with Gasteiger partial charge in [0.15, 0.2) is 0 Å². The maximum atomic E-state index is 11.8. The van der Waals surface area contributed by atoms with E-state index < -0.39 is 0 Å². The van der Waals surface area contributed by atoms with Crippen molar-refractivity contribution in [2.45, 2.75) is 26.2 Å². The zero-order chi connectivity index (χ0) is 15.0.